The van der Waals surface area contributed by atoms with Gasteiger partial charge in [-0.3, -0.25) is 0 Å². The van der Waals surface area contributed by atoms with E-state index in [1.807, 2.05) is 0 Å². The molecule has 1 aromatic heterocycles. The highest BCUT2D eigenvalue weighted by atomic mass is 35.5. The lowest BCUT2D eigenvalue weighted by Gasteiger charge is -1.98. The van der Waals surface area contributed by atoms with Crippen molar-refractivity contribution in [3.63, 3.8) is 0 Å². The van der Waals surface area contributed by atoms with Gasteiger partial charge in [0.05, 0.1) is 5.69 Å². The van der Waals surface area contributed by atoms with Crippen LogP contribution in [-0.2, 0) is 0 Å². The van der Waals surface area contributed by atoms with Gasteiger partial charge >= 0.3 is 5.69 Å². The molecule has 2 aromatic rings. The Morgan fingerprint density at radius 2 is 2.00 bits per heavy atom. The first kappa shape index (κ1) is 8.07. The molecule has 0 saturated carbocycles. The van der Waals surface area contributed by atoms with Crippen LogP contribution < -0.4 is 5.69 Å². The second-order valence-corrected chi connectivity index (χ2v) is 2.94. The Morgan fingerprint density at radius 3 is 2.54 bits per heavy atom. The molecule has 13 heavy (non-hydrogen) atoms. The summed E-state index contributed by atoms with van der Waals surface area (Å²) < 4.78 is 1.40. The average Bonchev–Trinajstić information content (AvgIpc) is 2.53. The molecule has 0 aliphatic rings. The van der Waals surface area contributed by atoms with Crippen LogP contribution in [-0.4, -0.2) is 14.8 Å². The van der Waals surface area contributed by atoms with Crippen molar-refractivity contribution < 1.29 is 0 Å². The van der Waals surface area contributed by atoms with Crippen molar-refractivity contribution in [2.24, 2.45) is 0 Å². The Labute approximate surface area is 78.8 Å². The van der Waals surface area contributed by atoms with Gasteiger partial charge in [-0.25, -0.2) is 14.5 Å². The highest BCUT2D eigenvalue weighted by Crippen LogP contribution is 2.10. The number of H-pyrrole nitrogens is 1. The van der Waals surface area contributed by atoms with Gasteiger partial charge in [-0.2, -0.15) is 5.10 Å². The van der Waals surface area contributed by atoms with E-state index in [-0.39, 0.29) is 5.69 Å². The van der Waals surface area contributed by atoms with E-state index in [1.54, 1.807) is 24.3 Å². The van der Waals surface area contributed by atoms with Crippen molar-refractivity contribution in [1.29, 1.82) is 0 Å². The molecule has 0 spiro atoms. The number of hydrogen-bond acceptors (Lipinski definition) is 2. The van der Waals surface area contributed by atoms with E-state index in [1.165, 1.54) is 10.9 Å². The SMILES string of the molecule is O=c1[nH]ncn1-c1ccc(Cl)cc1. The zero-order chi connectivity index (χ0) is 9.26. The van der Waals surface area contributed by atoms with Crippen LogP contribution in [0.4, 0.5) is 0 Å². The molecule has 0 atom stereocenters. The Morgan fingerprint density at radius 1 is 1.31 bits per heavy atom. The molecule has 0 amide bonds. The van der Waals surface area contributed by atoms with E-state index in [0.717, 1.165) is 5.69 Å². The smallest absolute Gasteiger partial charge is 0.250 e. The number of aromatic amines is 1. The molecule has 0 saturated heterocycles. The lowest BCUT2D eigenvalue weighted by Crippen LogP contribution is -2.13. The Hall–Kier alpha value is -1.55. The van der Waals surface area contributed by atoms with Crippen LogP contribution in [0.15, 0.2) is 35.4 Å². The third-order valence-corrected chi connectivity index (χ3v) is 1.91. The summed E-state index contributed by atoms with van der Waals surface area (Å²) in [5, 5.41) is 6.56. The molecule has 66 valence electrons. The summed E-state index contributed by atoms with van der Waals surface area (Å²) in [6, 6.07) is 6.94. The molecule has 1 aromatic carbocycles. The number of hydrogen-bond donors (Lipinski definition) is 1. The van der Waals surface area contributed by atoms with Crippen LogP contribution in [0.2, 0.25) is 5.02 Å². The van der Waals surface area contributed by atoms with E-state index >= 15 is 0 Å². The molecular weight excluding hydrogens is 190 g/mol. The lowest BCUT2D eigenvalue weighted by molar-refractivity contribution is 0.983. The third kappa shape index (κ3) is 1.48. The van der Waals surface area contributed by atoms with Crippen LogP contribution in [0.3, 0.4) is 0 Å². The topological polar surface area (TPSA) is 50.7 Å². The molecule has 1 N–H and O–H groups in total. The summed E-state index contributed by atoms with van der Waals surface area (Å²) in [6.45, 7) is 0. The molecule has 0 unspecified atom stereocenters. The summed E-state index contributed by atoms with van der Waals surface area (Å²) in [5.41, 5.74) is 0.477. The van der Waals surface area contributed by atoms with Crippen molar-refractivity contribution in [3.05, 3.63) is 46.1 Å². The first-order chi connectivity index (χ1) is 6.27. The Balaban J connectivity index is 2.54. The van der Waals surface area contributed by atoms with Crippen LogP contribution in [0.25, 0.3) is 5.69 Å². The van der Waals surface area contributed by atoms with Crippen molar-refractivity contribution in [2.75, 3.05) is 0 Å². The molecule has 0 bridgehead atoms. The van der Waals surface area contributed by atoms with E-state index in [4.69, 9.17) is 11.6 Å². The van der Waals surface area contributed by atoms with E-state index in [0.29, 0.717) is 5.02 Å². The van der Waals surface area contributed by atoms with Crippen LogP contribution in [0, 0.1) is 0 Å². The third-order valence-electron chi connectivity index (χ3n) is 1.66. The van der Waals surface area contributed by atoms with Crippen molar-refractivity contribution in [1.82, 2.24) is 14.8 Å². The molecule has 1 heterocycles. The van der Waals surface area contributed by atoms with Crippen LogP contribution >= 0.6 is 11.6 Å². The lowest BCUT2D eigenvalue weighted by atomic mass is 10.3. The highest BCUT2D eigenvalue weighted by molar-refractivity contribution is 6.30. The zero-order valence-electron chi connectivity index (χ0n) is 6.57. The van der Waals surface area contributed by atoms with Crippen molar-refractivity contribution in [2.45, 2.75) is 0 Å². The summed E-state index contributed by atoms with van der Waals surface area (Å²) in [6.07, 6.45) is 1.42. The Bertz CT molecular complexity index is 457. The summed E-state index contributed by atoms with van der Waals surface area (Å²) >= 11 is 5.70. The average molecular weight is 196 g/mol. The van der Waals surface area contributed by atoms with Crippen molar-refractivity contribution >= 4 is 11.6 Å². The fourth-order valence-corrected chi connectivity index (χ4v) is 1.16. The van der Waals surface area contributed by atoms with Gasteiger partial charge in [-0.1, -0.05) is 11.6 Å². The fraction of sp³-hybridized carbons (Fsp3) is 0. The van der Waals surface area contributed by atoms with Gasteiger partial charge in [-0.15, -0.1) is 0 Å². The molecule has 5 heteroatoms. The molecule has 0 fully saturated rings. The number of nitrogens with zero attached hydrogens (tertiary/aromatic N) is 2. The second kappa shape index (κ2) is 3.06. The van der Waals surface area contributed by atoms with Gasteiger partial charge in [-0.05, 0) is 24.3 Å². The highest BCUT2D eigenvalue weighted by Gasteiger charge is 1.99. The minimum atomic E-state index is -0.262. The largest absolute Gasteiger partial charge is 0.347 e. The van der Waals surface area contributed by atoms with Crippen molar-refractivity contribution in [3.8, 4) is 5.69 Å². The normalized spacial score (nSPS) is 10.2. The monoisotopic (exact) mass is 195 g/mol. The summed E-state index contributed by atoms with van der Waals surface area (Å²) in [5.74, 6) is 0. The molecule has 0 aliphatic carbocycles. The van der Waals surface area contributed by atoms with Gasteiger partial charge in [0, 0.05) is 5.02 Å². The standard InChI is InChI=1S/C8H6ClN3O/c9-6-1-3-7(4-2-6)12-5-10-11-8(12)13/h1-5H,(H,11,13). The van der Waals surface area contributed by atoms with E-state index in [9.17, 15) is 4.79 Å². The Kier molecular flexibility index (Phi) is 1.90. The molecular formula is C8H6ClN3O. The number of benzene rings is 1. The van der Waals surface area contributed by atoms with Gasteiger partial charge in [0.2, 0.25) is 0 Å². The van der Waals surface area contributed by atoms with Crippen LogP contribution in [0.1, 0.15) is 0 Å². The number of rotatable bonds is 1. The zero-order valence-corrected chi connectivity index (χ0v) is 7.32. The minimum Gasteiger partial charge on any atom is -0.250 e. The maximum atomic E-state index is 11.1. The maximum absolute atomic E-state index is 11.1. The second-order valence-electron chi connectivity index (χ2n) is 2.51. The van der Waals surface area contributed by atoms with Gasteiger partial charge in [0.25, 0.3) is 0 Å². The molecule has 0 radical (unpaired) electrons. The quantitative estimate of drug-likeness (QED) is 0.744. The van der Waals surface area contributed by atoms with Gasteiger partial charge in [0.15, 0.2) is 0 Å². The van der Waals surface area contributed by atoms with Crippen LogP contribution in [0.5, 0.6) is 0 Å². The molecule has 4 nitrogen and oxygen atoms in total. The summed E-state index contributed by atoms with van der Waals surface area (Å²) in [7, 11) is 0. The maximum Gasteiger partial charge on any atom is 0.347 e. The predicted octanol–water partition coefficient (Wildman–Crippen LogP) is 1.21. The first-order valence-electron chi connectivity index (χ1n) is 3.65. The molecule has 0 aliphatic heterocycles. The number of halogens is 1. The van der Waals surface area contributed by atoms with Gasteiger partial charge < -0.3 is 0 Å². The summed E-state index contributed by atoms with van der Waals surface area (Å²) in [4.78, 5) is 11.1. The van der Waals surface area contributed by atoms with E-state index in [2.05, 4.69) is 10.2 Å². The number of aromatic nitrogens is 3. The fourth-order valence-electron chi connectivity index (χ4n) is 1.03. The first-order valence-corrected chi connectivity index (χ1v) is 4.03. The number of nitrogens with one attached hydrogen (secondary N) is 1. The minimum absolute atomic E-state index is 0.262. The predicted molar refractivity (Wildman–Crippen MR) is 49.2 cm³/mol. The molecule has 2 rings (SSSR count). The van der Waals surface area contributed by atoms with Gasteiger partial charge in [0.1, 0.15) is 6.33 Å². The van der Waals surface area contributed by atoms with E-state index < -0.39 is 0 Å².